The van der Waals surface area contributed by atoms with Crippen LogP contribution in [0.4, 0.5) is 0 Å². The molecule has 1 saturated heterocycles. The van der Waals surface area contributed by atoms with Crippen LogP contribution in [0, 0.1) is 0 Å². The number of thiol groups is 1. The molecule has 0 bridgehead atoms. The summed E-state index contributed by atoms with van der Waals surface area (Å²) in [6.07, 6.45) is 1.42. The predicted octanol–water partition coefficient (Wildman–Crippen LogP) is 3.17. The Morgan fingerprint density at radius 3 is 2.31 bits per heavy atom. The SMILES string of the molecule is CCOc1ccccc1OCC(=O)NC1CCN(C(=O)c2ccccc2S)CC1. The van der Waals surface area contributed by atoms with E-state index >= 15 is 0 Å². The number of benzene rings is 2. The van der Waals surface area contributed by atoms with E-state index in [0.29, 0.717) is 54.5 Å². The number of carbonyl (C=O) groups excluding carboxylic acids is 2. The Balaban J connectivity index is 1.45. The van der Waals surface area contributed by atoms with Gasteiger partial charge in [0.25, 0.3) is 11.8 Å². The van der Waals surface area contributed by atoms with E-state index in [0.717, 1.165) is 0 Å². The zero-order valence-corrected chi connectivity index (χ0v) is 17.4. The number of ether oxygens (including phenoxy) is 2. The first-order chi connectivity index (χ1) is 14.1. The van der Waals surface area contributed by atoms with Crippen LogP contribution in [-0.4, -0.2) is 49.1 Å². The lowest BCUT2D eigenvalue weighted by Crippen LogP contribution is -2.47. The highest BCUT2D eigenvalue weighted by atomic mass is 32.1. The minimum absolute atomic E-state index is 0.0174. The van der Waals surface area contributed by atoms with E-state index in [1.807, 2.05) is 48.2 Å². The molecular formula is C22H26N2O4S. The Morgan fingerprint density at radius 2 is 1.66 bits per heavy atom. The number of hydrogen-bond donors (Lipinski definition) is 2. The summed E-state index contributed by atoms with van der Waals surface area (Å²) in [7, 11) is 0. The Kier molecular flexibility index (Phi) is 7.41. The molecule has 6 nitrogen and oxygen atoms in total. The second-order valence-electron chi connectivity index (χ2n) is 6.82. The van der Waals surface area contributed by atoms with Gasteiger partial charge in [-0.1, -0.05) is 24.3 Å². The zero-order valence-electron chi connectivity index (χ0n) is 16.5. The molecule has 29 heavy (non-hydrogen) atoms. The average molecular weight is 415 g/mol. The van der Waals surface area contributed by atoms with Crippen LogP contribution in [0.25, 0.3) is 0 Å². The fourth-order valence-corrected chi connectivity index (χ4v) is 3.56. The molecule has 1 aliphatic heterocycles. The number of piperidine rings is 1. The van der Waals surface area contributed by atoms with E-state index in [4.69, 9.17) is 9.47 Å². The molecule has 1 heterocycles. The molecule has 7 heteroatoms. The van der Waals surface area contributed by atoms with Crippen molar-refractivity contribution in [2.75, 3.05) is 26.3 Å². The van der Waals surface area contributed by atoms with Gasteiger partial charge in [-0.3, -0.25) is 9.59 Å². The van der Waals surface area contributed by atoms with E-state index in [1.54, 1.807) is 12.1 Å². The lowest BCUT2D eigenvalue weighted by Gasteiger charge is -2.32. The maximum Gasteiger partial charge on any atom is 0.258 e. The van der Waals surface area contributed by atoms with Crippen LogP contribution < -0.4 is 14.8 Å². The van der Waals surface area contributed by atoms with Gasteiger partial charge in [0.2, 0.25) is 0 Å². The maximum atomic E-state index is 12.7. The van der Waals surface area contributed by atoms with Crippen LogP contribution in [0.5, 0.6) is 11.5 Å². The van der Waals surface area contributed by atoms with Crippen LogP contribution >= 0.6 is 12.6 Å². The Labute approximate surface area is 176 Å². The molecule has 0 saturated carbocycles. The molecule has 0 aromatic heterocycles. The van der Waals surface area contributed by atoms with E-state index < -0.39 is 0 Å². The average Bonchev–Trinajstić information content (AvgIpc) is 2.74. The van der Waals surface area contributed by atoms with Gasteiger partial charge >= 0.3 is 0 Å². The monoisotopic (exact) mass is 414 g/mol. The highest BCUT2D eigenvalue weighted by Gasteiger charge is 2.25. The van der Waals surface area contributed by atoms with Crippen molar-refractivity contribution in [1.29, 1.82) is 0 Å². The molecule has 2 aromatic carbocycles. The van der Waals surface area contributed by atoms with Gasteiger partial charge in [-0.15, -0.1) is 12.6 Å². The third kappa shape index (κ3) is 5.67. The van der Waals surface area contributed by atoms with E-state index in [9.17, 15) is 9.59 Å². The summed E-state index contributed by atoms with van der Waals surface area (Å²) in [6, 6.07) is 14.6. The van der Waals surface area contributed by atoms with Crippen molar-refractivity contribution in [2.45, 2.75) is 30.7 Å². The Hall–Kier alpha value is -2.67. The Morgan fingerprint density at radius 1 is 1.03 bits per heavy atom. The van der Waals surface area contributed by atoms with Crippen LogP contribution in [0.15, 0.2) is 53.4 Å². The molecule has 0 spiro atoms. The quantitative estimate of drug-likeness (QED) is 0.683. The van der Waals surface area contributed by atoms with E-state index in [-0.39, 0.29) is 24.5 Å². The highest BCUT2D eigenvalue weighted by Crippen LogP contribution is 2.26. The number of rotatable bonds is 7. The van der Waals surface area contributed by atoms with Crippen LogP contribution in [0.3, 0.4) is 0 Å². The molecule has 2 amide bonds. The summed E-state index contributed by atoms with van der Waals surface area (Å²) < 4.78 is 11.1. The fourth-order valence-electron chi connectivity index (χ4n) is 3.31. The topological polar surface area (TPSA) is 67.9 Å². The number of hydrogen-bond acceptors (Lipinski definition) is 5. The first-order valence-corrected chi connectivity index (χ1v) is 10.2. The third-order valence-corrected chi connectivity index (χ3v) is 5.18. The van der Waals surface area contributed by atoms with E-state index in [2.05, 4.69) is 17.9 Å². The summed E-state index contributed by atoms with van der Waals surface area (Å²) in [6.45, 7) is 3.55. The van der Waals surface area contributed by atoms with Crippen molar-refractivity contribution < 1.29 is 19.1 Å². The van der Waals surface area contributed by atoms with Gasteiger partial charge in [0, 0.05) is 24.0 Å². The van der Waals surface area contributed by atoms with Crippen molar-refractivity contribution in [3.63, 3.8) is 0 Å². The summed E-state index contributed by atoms with van der Waals surface area (Å²) in [5, 5.41) is 2.99. The largest absolute Gasteiger partial charge is 0.490 e. The summed E-state index contributed by atoms with van der Waals surface area (Å²) in [5.74, 6) is 0.979. The predicted molar refractivity (Wildman–Crippen MR) is 114 cm³/mol. The van der Waals surface area contributed by atoms with Crippen LogP contribution in [-0.2, 0) is 4.79 Å². The van der Waals surface area contributed by atoms with Crippen molar-refractivity contribution >= 4 is 24.4 Å². The van der Waals surface area contributed by atoms with Crippen LogP contribution in [0.1, 0.15) is 30.1 Å². The van der Waals surface area contributed by atoms with Gasteiger partial charge in [0.1, 0.15) is 0 Å². The number of para-hydroxylation sites is 2. The second kappa shape index (κ2) is 10.2. The molecule has 1 fully saturated rings. The van der Waals surface area contributed by atoms with Gasteiger partial charge < -0.3 is 19.7 Å². The molecule has 3 rings (SSSR count). The standard InChI is InChI=1S/C22H26N2O4S/c1-2-27-18-8-4-5-9-19(18)28-15-21(25)23-16-11-13-24(14-12-16)22(26)17-7-3-6-10-20(17)29/h3-10,16,29H,2,11-15H2,1H3,(H,23,25). The van der Waals surface area contributed by atoms with Crippen molar-refractivity contribution in [1.82, 2.24) is 10.2 Å². The van der Waals surface area contributed by atoms with Crippen molar-refractivity contribution in [3.8, 4) is 11.5 Å². The summed E-state index contributed by atoms with van der Waals surface area (Å²) in [4.78, 5) is 27.4. The number of amides is 2. The smallest absolute Gasteiger partial charge is 0.258 e. The molecule has 1 aliphatic rings. The number of nitrogens with zero attached hydrogens (tertiary/aromatic N) is 1. The van der Waals surface area contributed by atoms with Gasteiger partial charge in [0.15, 0.2) is 18.1 Å². The zero-order chi connectivity index (χ0) is 20.6. The second-order valence-corrected chi connectivity index (χ2v) is 7.30. The van der Waals surface area contributed by atoms with E-state index in [1.165, 1.54) is 0 Å². The fraction of sp³-hybridized carbons (Fsp3) is 0.364. The molecule has 0 aliphatic carbocycles. The molecule has 0 atom stereocenters. The van der Waals surface area contributed by atoms with Gasteiger partial charge in [-0.25, -0.2) is 0 Å². The lowest BCUT2D eigenvalue weighted by atomic mass is 10.0. The maximum absolute atomic E-state index is 12.7. The minimum atomic E-state index is -0.179. The number of likely N-dealkylation sites (tertiary alicyclic amines) is 1. The Bertz CT molecular complexity index is 850. The van der Waals surface area contributed by atoms with Gasteiger partial charge in [0.05, 0.1) is 12.2 Å². The molecule has 154 valence electrons. The molecule has 1 N–H and O–H groups in total. The number of carbonyl (C=O) groups is 2. The molecule has 0 unspecified atom stereocenters. The normalized spacial score (nSPS) is 14.3. The van der Waals surface area contributed by atoms with Crippen LogP contribution in [0.2, 0.25) is 0 Å². The van der Waals surface area contributed by atoms with Crippen molar-refractivity contribution in [3.05, 3.63) is 54.1 Å². The minimum Gasteiger partial charge on any atom is -0.490 e. The molecule has 2 aromatic rings. The molecule has 0 radical (unpaired) electrons. The highest BCUT2D eigenvalue weighted by molar-refractivity contribution is 7.80. The van der Waals surface area contributed by atoms with Gasteiger partial charge in [-0.2, -0.15) is 0 Å². The summed E-state index contributed by atoms with van der Waals surface area (Å²) in [5.41, 5.74) is 0.611. The molecular weight excluding hydrogens is 388 g/mol. The van der Waals surface area contributed by atoms with Gasteiger partial charge in [-0.05, 0) is 44.0 Å². The first kappa shape index (κ1) is 21.0. The first-order valence-electron chi connectivity index (χ1n) is 9.79. The third-order valence-electron chi connectivity index (χ3n) is 4.79. The van der Waals surface area contributed by atoms with Crippen molar-refractivity contribution in [2.24, 2.45) is 0 Å². The summed E-state index contributed by atoms with van der Waals surface area (Å²) >= 11 is 4.37. The lowest BCUT2D eigenvalue weighted by molar-refractivity contribution is -0.124. The number of nitrogens with one attached hydrogen (secondary N) is 1.